The highest BCUT2D eigenvalue weighted by Crippen LogP contribution is 2.19. The number of phenols is 1. The van der Waals surface area contributed by atoms with E-state index >= 15 is 0 Å². The number of hydrogen-bond acceptors (Lipinski definition) is 4. The number of hydrogen-bond donors (Lipinski definition) is 2. The van der Waals surface area contributed by atoms with Crippen LogP contribution in [0.5, 0.6) is 5.75 Å². The summed E-state index contributed by atoms with van der Waals surface area (Å²) in [6.45, 7) is 8.96. The van der Waals surface area contributed by atoms with Gasteiger partial charge in [-0.25, -0.2) is 4.79 Å². The van der Waals surface area contributed by atoms with Gasteiger partial charge in [-0.15, -0.1) is 0 Å². The Morgan fingerprint density at radius 1 is 1.26 bits per heavy atom. The minimum atomic E-state index is -0.431. The molecule has 1 heterocycles. The maximum absolute atomic E-state index is 12.0. The molecule has 2 rings (SSSR count). The van der Waals surface area contributed by atoms with Crippen LogP contribution in [0.25, 0.3) is 0 Å². The van der Waals surface area contributed by atoms with Crippen LogP contribution in [0.4, 0.5) is 4.79 Å². The number of nitrogens with zero attached hydrogens (tertiary/aromatic N) is 1. The van der Waals surface area contributed by atoms with E-state index in [-0.39, 0.29) is 6.09 Å². The van der Waals surface area contributed by atoms with Crippen molar-refractivity contribution in [3.63, 3.8) is 0 Å². The van der Waals surface area contributed by atoms with Gasteiger partial charge in [0.1, 0.15) is 11.4 Å². The van der Waals surface area contributed by atoms with Crippen molar-refractivity contribution in [2.75, 3.05) is 19.6 Å². The van der Waals surface area contributed by atoms with Crippen LogP contribution in [0.1, 0.15) is 39.2 Å². The van der Waals surface area contributed by atoms with E-state index in [1.54, 1.807) is 12.1 Å². The highest BCUT2D eigenvalue weighted by Gasteiger charge is 2.26. The number of aromatic hydroxyl groups is 1. The molecule has 0 radical (unpaired) electrons. The predicted molar refractivity (Wildman–Crippen MR) is 90.3 cm³/mol. The maximum atomic E-state index is 12.0. The van der Waals surface area contributed by atoms with Crippen molar-refractivity contribution in [3.8, 4) is 5.75 Å². The standard InChI is InChI=1S/C18H28N2O3/c1-18(2,3)23-17(22)20-10-8-15(9-11-20)13-19-12-14-4-6-16(21)7-5-14/h4-7,15,19,21H,8-13H2,1-3H3. The Balaban J connectivity index is 1.66. The molecule has 0 aromatic heterocycles. The van der Waals surface area contributed by atoms with Crippen LogP contribution < -0.4 is 5.32 Å². The zero-order chi connectivity index (χ0) is 16.9. The number of likely N-dealkylation sites (tertiary alicyclic amines) is 1. The Morgan fingerprint density at radius 2 is 1.87 bits per heavy atom. The van der Waals surface area contributed by atoms with Gasteiger partial charge in [0.25, 0.3) is 0 Å². The van der Waals surface area contributed by atoms with Crippen LogP contribution in [0.15, 0.2) is 24.3 Å². The van der Waals surface area contributed by atoms with Crippen LogP contribution in [-0.2, 0) is 11.3 Å². The lowest BCUT2D eigenvalue weighted by atomic mass is 9.97. The molecular formula is C18H28N2O3. The molecule has 0 aliphatic carbocycles. The van der Waals surface area contributed by atoms with Crippen molar-refractivity contribution >= 4 is 6.09 Å². The smallest absolute Gasteiger partial charge is 0.410 e. The summed E-state index contributed by atoms with van der Waals surface area (Å²) in [5, 5.41) is 12.7. The number of carbonyl (C=O) groups excluding carboxylic acids is 1. The zero-order valence-corrected chi connectivity index (χ0v) is 14.3. The lowest BCUT2D eigenvalue weighted by Gasteiger charge is -2.33. The molecule has 5 heteroatoms. The molecule has 0 atom stereocenters. The first-order valence-corrected chi connectivity index (χ1v) is 8.30. The molecule has 1 amide bonds. The molecule has 0 saturated carbocycles. The van der Waals surface area contributed by atoms with E-state index in [9.17, 15) is 9.90 Å². The lowest BCUT2D eigenvalue weighted by molar-refractivity contribution is 0.0184. The second-order valence-corrected chi connectivity index (χ2v) is 7.21. The Morgan fingerprint density at radius 3 is 2.43 bits per heavy atom. The van der Waals surface area contributed by atoms with Crippen molar-refractivity contribution in [3.05, 3.63) is 29.8 Å². The summed E-state index contributed by atoms with van der Waals surface area (Å²) in [6.07, 6.45) is 1.80. The van der Waals surface area contributed by atoms with Gasteiger partial charge in [-0.05, 0) is 63.8 Å². The van der Waals surface area contributed by atoms with E-state index in [0.717, 1.165) is 44.6 Å². The normalized spacial score (nSPS) is 16.4. The van der Waals surface area contributed by atoms with Crippen LogP contribution in [0.3, 0.4) is 0 Å². The highest BCUT2D eigenvalue weighted by molar-refractivity contribution is 5.68. The number of benzene rings is 1. The van der Waals surface area contributed by atoms with Crippen molar-refractivity contribution in [1.29, 1.82) is 0 Å². The number of carbonyl (C=O) groups is 1. The van der Waals surface area contributed by atoms with Gasteiger partial charge >= 0.3 is 6.09 Å². The molecular weight excluding hydrogens is 292 g/mol. The summed E-state index contributed by atoms with van der Waals surface area (Å²) >= 11 is 0. The SMILES string of the molecule is CC(C)(C)OC(=O)N1CCC(CNCc2ccc(O)cc2)CC1. The van der Waals surface area contributed by atoms with Gasteiger partial charge in [-0.2, -0.15) is 0 Å². The quantitative estimate of drug-likeness (QED) is 0.895. The number of ether oxygens (including phenoxy) is 1. The van der Waals surface area contributed by atoms with Crippen molar-refractivity contribution in [2.45, 2.75) is 45.8 Å². The van der Waals surface area contributed by atoms with E-state index in [1.807, 2.05) is 37.8 Å². The average molecular weight is 320 g/mol. The average Bonchev–Trinajstić information content (AvgIpc) is 2.48. The zero-order valence-electron chi connectivity index (χ0n) is 14.3. The van der Waals surface area contributed by atoms with Crippen LogP contribution >= 0.6 is 0 Å². The van der Waals surface area contributed by atoms with Crippen LogP contribution in [0, 0.1) is 5.92 Å². The molecule has 0 spiro atoms. The van der Waals surface area contributed by atoms with E-state index in [2.05, 4.69) is 5.32 Å². The molecule has 128 valence electrons. The van der Waals surface area contributed by atoms with E-state index in [1.165, 1.54) is 0 Å². The Labute approximate surface area is 138 Å². The molecule has 1 aromatic rings. The minimum Gasteiger partial charge on any atom is -0.508 e. The summed E-state index contributed by atoms with van der Waals surface area (Å²) in [4.78, 5) is 13.8. The predicted octanol–water partition coefficient (Wildman–Crippen LogP) is 3.13. The Kier molecular flexibility index (Phi) is 5.88. The Bertz CT molecular complexity index is 500. The molecule has 1 saturated heterocycles. The molecule has 23 heavy (non-hydrogen) atoms. The lowest BCUT2D eigenvalue weighted by Crippen LogP contribution is -2.43. The van der Waals surface area contributed by atoms with Gasteiger partial charge in [0.2, 0.25) is 0 Å². The summed E-state index contributed by atoms with van der Waals surface area (Å²) in [5.74, 6) is 0.883. The topological polar surface area (TPSA) is 61.8 Å². The molecule has 5 nitrogen and oxygen atoms in total. The molecule has 1 aliphatic rings. The van der Waals surface area contributed by atoms with E-state index < -0.39 is 5.60 Å². The number of amides is 1. The molecule has 1 aromatic carbocycles. The summed E-state index contributed by atoms with van der Waals surface area (Å²) in [6, 6.07) is 7.26. The fraction of sp³-hybridized carbons (Fsp3) is 0.611. The largest absolute Gasteiger partial charge is 0.508 e. The van der Waals surface area contributed by atoms with Gasteiger partial charge < -0.3 is 20.1 Å². The van der Waals surface area contributed by atoms with Gasteiger partial charge in [-0.1, -0.05) is 12.1 Å². The molecule has 0 bridgehead atoms. The number of piperidine rings is 1. The summed E-state index contributed by atoms with van der Waals surface area (Å²) in [7, 11) is 0. The fourth-order valence-electron chi connectivity index (χ4n) is 2.68. The van der Waals surface area contributed by atoms with Crippen molar-refractivity contribution in [2.24, 2.45) is 5.92 Å². The van der Waals surface area contributed by atoms with Crippen molar-refractivity contribution in [1.82, 2.24) is 10.2 Å². The maximum Gasteiger partial charge on any atom is 0.410 e. The third-order valence-electron chi connectivity index (χ3n) is 3.96. The monoisotopic (exact) mass is 320 g/mol. The third kappa shape index (κ3) is 6.10. The number of nitrogens with one attached hydrogen (secondary N) is 1. The summed E-state index contributed by atoms with van der Waals surface area (Å²) < 4.78 is 5.41. The first-order valence-electron chi connectivity index (χ1n) is 8.30. The van der Waals surface area contributed by atoms with Gasteiger partial charge in [0.15, 0.2) is 0 Å². The first-order chi connectivity index (χ1) is 10.8. The Hall–Kier alpha value is -1.75. The highest BCUT2D eigenvalue weighted by atomic mass is 16.6. The van der Waals surface area contributed by atoms with Gasteiger partial charge in [0.05, 0.1) is 0 Å². The van der Waals surface area contributed by atoms with E-state index in [4.69, 9.17) is 4.74 Å². The molecule has 0 unspecified atom stereocenters. The molecule has 2 N–H and O–H groups in total. The van der Waals surface area contributed by atoms with Crippen LogP contribution in [-0.4, -0.2) is 41.3 Å². The third-order valence-corrected chi connectivity index (χ3v) is 3.96. The number of rotatable bonds is 4. The van der Waals surface area contributed by atoms with Gasteiger partial charge in [-0.3, -0.25) is 0 Å². The molecule has 1 fully saturated rings. The van der Waals surface area contributed by atoms with Crippen molar-refractivity contribution < 1.29 is 14.6 Å². The molecule has 1 aliphatic heterocycles. The first kappa shape index (κ1) is 17.6. The van der Waals surface area contributed by atoms with Gasteiger partial charge in [0, 0.05) is 19.6 Å². The fourth-order valence-corrected chi connectivity index (χ4v) is 2.68. The minimum absolute atomic E-state index is 0.201. The summed E-state index contributed by atoms with van der Waals surface area (Å²) in [5.41, 5.74) is 0.730. The number of phenolic OH excluding ortho intramolecular Hbond substituents is 1. The van der Waals surface area contributed by atoms with E-state index in [0.29, 0.717) is 11.7 Å². The van der Waals surface area contributed by atoms with Crippen LogP contribution in [0.2, 0.25) is 0 Å². The second kappa shape index (κ2) is 7.68. The second-order valence-electron chi connectivity index (χ2n) is 7.21.